The number of anilines is 1. The third kappa shape index (κ3) is 4.16. The predicted molar refractivity (Wildman–Crippen MR) is 109 cm³/mol. The third-order valence-electron chi connectivity index (χ3n) is 5.16. The van der Waals surface area contributed by atoms with E-state index in [2.05, 4.69) is 0 Å². The molecule has 2 aliphatic rings. The fraction of sp³-hybridized carbons (Fsp3) is 0.381. The van der Waals surface area contributed by atoms with Crippen molar-refractivity contribution in [3.63, 3.8) is 0 Å². The van der Waals surface area contributed by atoms with E-state index >= 15 is 0 Å². The number of carbonyl (C=O) groups excluding carboxylic acids is 1. The molecule has 0 aromatic heterocycles. The number of nitro benzene ring substituents is 1. The summed E-state index contributed by atoms with van der Waals surface area (Å²) in [6.07, 6.45) is -0.323. The van der Waals surface area contributed by atoms with Gasteiger partial charge in [0.05, 0.1) is 24.7 Å². The topological polar surface area (TPSA) is 94.4 Å². The van der Waals surface area contributed by atoms with E-state index in [0.29, 0.717) is 56.6 Å². The van der Waals surface area contributed by atoms with Gasteiger partial charge in [-0.05, 0) is 24.3 Å². The van der Waals surface area contributed by atoms with E-state index in [4.69, 9.17) is 14.2 Å². The molecule has 2 heterocycles. The van der Waals surface area contributed by atoms with Gasteiger partial charge in [-0.2, -0.15) is 0 Å². The number of hydrogen-bond donors (Lipinski definition) is 0. The second-order valence-corrected chi connectivity index (χ2v) is 7.24. The number of morpholine rings is 1. The number of para-hydroxylation sites is 2. The van der Waals surface area contributed by atoms with Crippen molar-refractivity contribution in [1.29, 1.82) is 0 Å². The van der Waals surface area contributed by atoms with Crippen molar-refractivity contribution in [2.45, 2.75) is 6.10 Å². The standard InChI is InChI=1S/C21H23N3O6/c1-22(13-16-14-29-19-4-2-3-5-20(19)30-16)21(25)15-6-7-17(18(12-15)24(26)27)23-8-10-28-11-9-23/h2-7,12,16H,8-11,13-14H2,1H3. The number of nitro groups is 1. The van der Waals surface area contributed by atoms with Crippen LogP contribution < -0.4 is 14.4 Å². The Bertz CT molecular complexity index is 944. The molecule has 1 atom stereocenters. The highest BCUT2D eigenvalue weighted by Gasteiger charge is 2.27. The second-order valence-electron chi connectivity index (χ2n) is 7.24. The molecule has 0 bridgehead atoms. The lowest BCUT2D eigenvalue weighted by molar-refractivity contribution is -0.384. The molecule has 1 fully saturated rings. The molecule has 158 valence electrons. The van der Waals surface area contributed by atoms with Crippen LogP contribution in [-0.4, -0.2) is 68.3 Å². The second kappa shape index (κ2) is 8.58. The van der Waals surface area contributed by atoms with Gasteiger partial charge in [-0.1, -0.05) is 12.1 Å². The first kappa shape index (κ1) is 20.0. The zero-order chi connectivity index (χ0) is 21.1. The molecule has 4 rings (SSSR count). The van der Waals surface area contributed by atoms with Gasteiger partial charge in [-0.25, -0.2) is 0 Å². The first-order valence-electron chi connectivity index (χ1n) is 9.78. The van der Waals surface area contributed by atoms with E-state index in [1.807, 2.05) is 29.2 Å². The summed E-state index contributed by atoms with van der Waals surface area (Å²) in [5.74, 6) is 1.01. The fourth-order valence-corrected chi connectivity index (χ4v) is 3.64. The highest BCUT2D eigenvalue weighted by molar-refractivity contribution is 5.95. The van der Waals surface area contributed by atoms with Crippen molar-refractivity contribution in [3.05, 3.63) is 58.1 Å². The zero-order valence-corrected chi connectivity index (χ0v) is 16.7. The predicted octanol–water partition coefficient (Wildman–Crippen LogP) is 2.34. The molecule has 0 spiro atoms. The van der Waals surface area contributed by atoms with Gasteiger partial charge >= 0.3 is 0 Å². The summed E-state index contributed by atoms with van der Waals surface area (Å²) in [4.78, 5) is 27.5. The zero-order valence-electron chi connectivity index (χ0n) is 16.7. The van der Waals surface area contributed by atoms with Crippen molar-refractivity contribution in [2.24, 2.45) is 0 Å². The minimum atomic E-state index is -0.448. The molecule has 0 aliphatic carbocycles. The molecule has 2 aromatic rings. The minimum absolute atomic E-state index is 0.0812. The summed E-state index contributed by atoms with van der Waals surface area (Å²) in [6, 6.07) is 12.0. The Kier molecular flexibility index (Phi) is 5.71. The molecular formula is C21H23N3O6. The summed E-state index contributed by atoms with van der Waals surface area (Å²) < 4.78 is 16.9. The van der Waals surface area contributed by atoms with Crippen LogP contribution in [0, 0.1) is 10.1 Å². The summed E-state index contributed by atoms with van der Waals surface area (Å²) >= 11 is 0. The SMILES string of the molecule is CN(CC1COc2ccccc2O1)C(=O)c1ccc(N2CCOCC2)c([N+](=O)[O-])c1. The maximum Gasteiger partial charge on any atom is 0.293 e. The minimum Gasteiger partial charge on any atom is -0.486 e. The summed E-state index contributed by atoms with van der Waals surface area (Å²) in [5, 5.41) is 11.6. The van der Waals surface area contributed by atoms with Crippen LogP contribution in [-0.2, 0) is 4.74 Å². The fourth-order valence-electron chi connectivity index (χ4n) is 3.64. The molecule has 0 radical (unpaired) electrons. The number of benzene rings is 2. The normalized spacial score (nSPS) is 18.0. The van der Waals surface area contributed by atoms with Crippen LogP contribution in [0.15, 0.2) is 42.5 Å². The number of rotatable bonds is 5. The van der Waals surface area contributed by atoms with Crippen molar-refractivity contribution in [1.82, 2.24) is 4.90 Å². The Morgan fingerprint density at radius 2 is 1.93 bits per heavy atom. The Hall–Kier alpha value is -3.33. The van der Waals surface area contributed by atoms with Crippen LogP contribution in [0.25, 0.3) is 0 Å². The van der Waals surface area contributed by atoms with Gasteiger partial charge in [0.1, 0.15) is 12.3 Å². The highest BCUT2D eigenvalue weighted by atomic mass is 16.6. The number of hydrogen-bond acceptors (Lipinski definition) is 7. The lowest BCUT2D eigenvalue weighted by Crippen LogP contribution is -2.41. The van der Waals surface area contributed by atoms with Crippen molar-refractivity contribution in [2.75, 3.05) is 51.4 Å². The summed E-state index contributed by atoms with van der Waals surface area (Å²) in [6.45, 7) is 2.82. The quantitative estimate of drug-likeness (QED) is 0.548. The molecular weight excluding hydrogens is 390 g/mol. The molecule has 2 aliphatic heterocycles. The smallest absolute Gasteiger partial charge is 0.293 e. The van der Waals surface area contributed by atoms with E-state index in [0.717, 1.165) is 0 Å². The Labute approximate surface area is 173 Å². The van der Waals surface area contributed by atoms with Gasteiger partial charge in [-0.15, -0.1) is 0 Å². The van der Waals surface area contributed by atoms with Crippen molar-refractivity contribution < 1.29 is 23.9 Å². The largest absolute Gasteiger partial charge is 0.486 e. The molecule has 30 heavy (non-hydrogen) atoms. The van der Waals surface area contributed by atoms with Crippen LogP contribution in [0.4, 0.5) is 11.4 Å². The van der Waals surface area contributed by atoms with Crippen LogP contribution in [0.3, 0.4) is 0 Å². The molecule has 2 aromatic carbocycles. The third-order valence-corrected chi connectivity index (χ3v) is 5.16. The maximum absolute atomic E-state index is 12.9. The first-order valence-corrected chi connectivity index (χ1v) is 9.78. The van der Waals surface area contributed by atoms with Crippen molar-refractivity contribution in [3.8, 4) is 11.5 Å². The van der Waals surface area contributed by atoms with Gasteiger partial charge in [0.2, 0.25) is 0 Å². The summed E-state index contributed by atoms with van der Waals surface area (Å²) in [5.41, 5.74) is 0.684. The van der Waals surface area contributed by atoms with Crippen LogP contribution >= 0.6 is 0 Å². The molecule has 0 saturated carbocycles. The molecule has 9 heteroatoms. The molecule has 1 amide bonds. The maximum atomic E-state index is 12.9. The van der Waals surface area contributed by atoms with Gasteiger partial charge in [-0.3, -0.25) is 14.9 Å². The average molecular weight is 413 g/mol. The van der Waals surface area contributed by atoms with E-state index in [9.17, 15) is 14.9 Å². The summed E-state index contributed by atoms with van der Waals surface area (Å²) in [7, 11) is 1.65. The monoisotopic (exact) mass is 413 g/mol. The number of fused-ring (bicyclic) bond motifs is 1. The van der Waals surface area contributed by atoms with Gasteiger partial charge in [0.15, 0.2) is 17.6 Å². The van der Waals surface area contributed by atoms with Gasteiger partial charge < -0.3 is 24.0 Å². The molecule has 1 saturated heterocycles. The Balaban J connectivity index is 1.47. The highest BCUT2D eigenvalue weighted by Crippen LogP contribution is 2.32. The first-order chi connectivity index (χ1) is 14.5. The Morgan fingerprint density at radius 1 is 1.20 bits per heavy atom. The number of ether oxygens (including phenoxy) is 3. The van der Waals surface area contributed by atoms with Crippen LogP contribution in [0.5, 0.6) is 11.5 Å². The van der Waals surface area contributed by atoms with E-state index in [1.165, 1.54) is 11.0 Å². The van der Waals surface area contributed by atoms with Gasteiger partial charge in [0.25, 0.3) is 11.6 Å². The molecule has 1 unspecified atom stereocenters. The van der Waals surface area contributed by atoms with Crippen LogP contribution in [0.1, 0.15) is 10.4 Å². The van der Waals surface area contributed by atoms with E-state index in [1.54, 1.807) is 19.2 Å². The Morgan fingerprint density at radius 3 is 2.67 bits per heavy atom. The average Bonchev–Trinajstić information content (AvgIpc) is 2.78. The van der Waals surface area contributed by atoms with Crippen LogP contribution in [0.2, 0.25) is 0 Å². The van der Waals surface area contributed by atoms with E-state index in [-0.39, 0.29) is 23.3 Å². The van der Waals surface area contributed by atoms with Crippen molar-refractivity contribution >= 4 is 17.3 Å². The number of likely N-dealkylation sites (N-methyl/N-ethyl adjacent to an activating group) is 1. The van der Waals surface area contributed by atoms with E-state index < -0.39 is 4.92 Å². The number of carbonyl (C=O) groups is 1. The van der Waals surface area contributed by atoms with Gasteiger partial charge in [0, 0.05) is 31.8 Å². The molecule has 0 N–H and O–H groups in total. The molecule has 9 nitrogen and oxygen atoms in total. The lowest BCUT2D eigenvalue weighted by atomic mass is 10.1. The lowest BCUT2D eigenvalue weighted by Gasteiger charge is -2.30. The number of amides is 1. The number of nitrogens with zero attached hydrogens (tertiary/aromatic N) is 3.